The summed E-state index contributed by atoms with van der Waals surface area (Å²) in [5.41, 5.74) is -9.17. The molecule has 18 heteroatoms. The van der Waals surface area contributed by atoms with E-state index in [0.29, 0.717) is 48.3 Å². The van der Waals surface area contributed by atoms with Crippen molar-refractivity contribution in [3.63, 3.8) is 0 Å². The molecule has 14 atom stereocenters. The molecule has 0 aliphatic heterocycles. The van der Waals surface area contributed by atoms with Crippen LogP contribution < -0.4 is 0 Å². The van der Waals surface area contributed by atoms with Crippen molar-refractivity contribution in [1.29, 1.82) is 0 Å². The third-order valence-corrected chi connectivity index (χ3v) is 14.3. The van der Waals surface area contributed by atoms with Gasteiger partial charge in [0, 0.05) is 83.3 Å². The zero-order chi connectivity index (χ0) is 36.2. The smallest absolute Gasteiger partial charge is 0.412 e. The van der Waals surface area contributed by atoms with Crippen LogP contribution in [0.4, 0.5) is 52.7 Å². The fraction of sp³-hybridized carbons (Fsp3) is 0.946. The van der Waals surface area contributed by atoms with Gasteiger partial charge < -0.3 is 30.5 Å². The van der Waals surface area contributed by atoms with Crippen LogP contribution in [0.5, 0.6) is 0 Å². The molecule has 0 heterocycles. The van der Waals surface area contributed by atoms with Crippen LogP contribution in [0.15, 0.2) is 0 Å². The summed E-state index contributed by atoms with van der Waals surface area (Å²) in [6.07, 6.45) is -18.9. The molecule has 6 aliphatic rings. The first-order valence-electron chi connectivity index (χ1n) is 17.5. The molecule has 0 spiro atoms. The van der Waals surface area contributed by atoms with Gasteiger partial charge in [0.1, 0.15) is 0 Å². The molecule has 0 aromatic rings. The molecule has 2 radical (unpaired) electrons. The molecule has 6 saturated carbocycles. The van der Waals surface area contributed by atoms with Crippen molar-refractivity contribution in [2.24, 2.45) is 82.9 Å². The van der Waals surface area contributed by atoms with Gasteiger partial charge in [0.2, 0.25) is 0 Å². The van der Waals surface area contributed by atoms with Crippen LogP contribution >= 0.6 is 0 Å². The van der Waals surface area contributed by atoms with Gasteiger partial charge in [-0.05, 0) is 134 Å². The Morgan fingerprint density at radius 2 is 0.745 bits per heavy atom. The van der Waals surface area contributed by atoms with Crippen molar-refractivity contribution in [3.05, 3.63) is 14.9 Å². The molecule has 3 nitrogen and oxygen atoms in total. The maximum atomic E-state index is 13.0. The number of aliphatic hydroxyl groups is 2. The third kappa shape index (κ3) is 10.5. The van der Waals surface area contributed by atoms with Gasteiger partial charge in [-0.25, -0.2) is 0 Å². The predicted octanol–water partition coefficient (Wildman–Crippen LogP) is 11.3. The van der Waals surface area contributed by atoms with Crippen LogP contribution in [0.2, 0.25) is 0 Å². The van der Waals surface area contributed by atoms with E-state index < -0.39 is 60.6 Å². The largest absolute Gasteiger partial charge is 0.426 e. The summed E-state index contributed by atoms with van der Waals surface area (Å²) >= 11 is 0. The second-order valence-electron chi connectivity index (χ2n) is 16.5. The van der Waals surface area contributed by atoms with E-state index >= 15 is 0 Å². The van der Waals surface area contributed by atoms with Crippen LogP contribution in [-0.2, 0) is 81.9 Å². The summed E-state index contributed by atoms with van der Waals surface area (Å²) in [5.74, 6) is 2.01. The number of rotatable bonds is 6. The third-order valence-electron chi connectivity index (χ3n) is 14.3. The summed E-state index contributed by atoms with van der Waals surface area (Å²) in [7, 11) is 0. The quantitative estimate of drug-likeness (QED) is 0.158. The predicted molar refractivity (Wildman–Crippen MR) is 177 cm³/mol. The molecule has 14 unspecified atom stereocenters. The molecule has 6 fully saturated rings. The van der Waals surface area contributed by atoms with Crippen molar-refractivity contribution >= 4 is 0 Å². The van der Waals surface area contributed by atoms with E-state index in [1.165, 1.54) is 0 Å². The summed E-state index contributed by atoms with van der Waals surface area (Å²) in [6.45, 7) is 8.36. The topological polar surface area (TPSA) is 72.0 Å². The van der Waals surface area contributed by atoms with Crippen LogP contribution in [0.1, 0.15) is 101 Å². The summed E-state index contributed by atoms with van der Waals surface area (Å²) < 4.78 is 156. The number of halogens is 12. The maximum Gasteiger partial charge on any atom is 0.426 e. The molecule has 6 rings (SSSR count). The number of fused-ring (bicyclic) bond motifs is 10. The molecular weight excluding hydrogens is 957 g/mol. The van der Waals surface area contributed by atoms with Gasteiger partial charge in [0.25, 0.3) is 11.2 Å². The molecular formula is C37H62F12NiO3Y2-2. The Labute approximate surface area is 381 Å². The standard InChI is InChI=1S/2C17H24F6O.CH4.2CH3.Ni.H2O.2Y.H2/c2*1-3-9-4-8(2)13-12-6-10(14(9)13)5-11(12)7-15(24,16(18,19)20)17(21,22)23;;;;;;;;/h2*8-14,24H,3-7H2,1-2H3;1H4;2*1H3;;1H2;;;1H/q;;;2*-1;;;;;. The fourth-order valence-corrected chi connectivity index (χ4v) is 12.6. The zero-order valence-corrected chi connectivity index (χ0v) is 38.2. The van der Waals surface area contributed by atoms with E-state index in [1.54, 1.807) is 0 Å². The minimum absolute atomic E-state index is 0. The van der Waals surface area contributed by atoms with Gasteiger partial charge in [-0.2, -0.15) is 52.7 Å². The summed E-state index contributed by atoms with van der Waals surface area (Å²) in [6, 6.07) is 0. The Bertz CT molecular complexity index is 1060. The molecule has 55 heavy (non-hydrogen) atoms. The molecule has 0 aromatic heterocycles. The number of hydrogen-bond donors (Lipinski definition) is 2. The van der Waals surface area contributed by atoms with Crippen LogP contribution in [-0.4, -0.2) is 51.6 Å². The Kier molecular flexibility index (Phi) is 23.0. The minimum Gasteiger partial charge on any atom is -0.412 e. The van der Waals surface area contributed by atoms with Crippen LogP contribution in [0.3, 0.4) is 0 Å². The van der Waals surface area contributed by atoms with Gasteiger partial charge in [0.05, 0.1) is 0 Å². The van der Waals surface area contributed by atoms with Crippen molar-refractivity contribution < 1.29 is 152 Å². The van der Waals surface area contributed by atoms with Crippen molar-refractivity contribution in [2.75, 3.05) is 0 Å². The molecule has 4 bridgehead atoms. The van der Waals surface area contributed by atoms with Crippen molar-refractivity contribution in [1.82, 2.24) is 0 Å². The monoisotopic (exact) mass is 1020 g/mol. The maximum absolute atomic E-state index is 13.0. The van der Waals surface area contributed by atoms with Crippen LogP contribution in [0, 0.1) is 97.7 Å². The number of hydrogen-bond acceptors (Lipinski definition) is 2. The second kappa shape index (κ2) is 20.7. The second-order valence-corrected chi connectivity index (χ2v) is 16.5. The van der Waals surface area contributed by atoms with E-state index in [4.69, 9.17) is 0 Å². The Balaban J connectivity index is -0.000000422. The first kappa shape index (κ1) is 61.0. The molecule has 0 aromatic carbocycles. The molecule has 0 saturated heterocycles. The van der Waals surface area contributed by atoms with Gasteiger partial charge >= 0.3 is 24.7 Å². The summed E-state index contributed by atoms with van der Waals surface area (Å²) in [5, 5.41) is 19.1. The average Bonchev–Trinajstić information content (AvgIpc) is 3.76. The Morgan fingerprint density at radius 3 is 0.964 bits per heavy atom. The summed E-state index contributed by atoms with van der Waals surface area (Å²) in [4.78, 5) is 0. The van der Waals surface area contributed by atoms with E-state index in [0.717, 1.165) is 38.5 Å². The van der Waals surface area contributed by atoms with Crippen LogP contribution in [0.25, 0.3) is 0 Å². The van der Waals surface area contributed by atoms with E-state index in [-0.39, 0.29) is 147 Å². The SMILES string of the molecule is C.CCC1CC(C)C2C3CC(CC3CC(O)(C(F)(F)F)C(F)(F)F)C12.CCC1CC(C)C2C3CC(CC3CC(O)(C(F)(F)F)C(F)(F)F)C12.O.[CH3-].[CH3-].[HH].[Ni].[Y].[Y]. The number of alkyl halides is 12. The minimum atomic E-state index is -5.69. The van der Waals surface area contributed by atoms with Crippen molar-refractivity contribution in [3.8, 4) is 0 Å². The fourth-order valence-electron chi connectivity index (χ4n) is 12.6. The van der Waals surface area contributed by atoms with E-state index in [2.05, 4.69) is 27.7 Å². The molecule has 330 valence electrons. The van der Waals surface area contributed by atoms with Gasteiger partial charge in [0.15, 0.2) is 0 Å². The van der Waals surface area contributed by atoms with Gasteiger partial charge in [-0.3, -0.25) is 0 Å². The Hall–Kier alpha value is 1.74. The average molecular weight is 1020 g/mol. The zero-order valence-electron chi connectivity index (χ0n) is 31.6. The van der Waals surface area contributed by atoms with Gasteiger partial charge in [-0.15, -0.1) is 0 Å². The molecule has 6 aliphatic carbocycles. The Morgan fingerprint density at radius 1 is 0.491 bits per heavy atom. The van der Waals surface area contributed by atoms with E-state index in [1.807, 2.05) is 0 Å². The molecule has 0 amide bonds. The van der Waals surface area contributed by atoms with Crippen molar-refractivity contribution in [2.45, 2.75) is 135 Å². The normalized spacial score (nSPS) is 37.2. The van der Waals surface area contributed by atoms with Gasteiger partial charge in [-0.1, -0.05) is 48.0 Å². The molecule has 4 N–H and O–H groups in total. The first-order valence-corrected chi connectivity index (χ1v) is 17.5. The van der Waals surface area contributed by atoms with E-state index in [9.17, 15) is 62.9 Å². The first-order chi connectivity index (χ1) is 21.8.